The largest absolute Gasteiger partial charge is 0.481 e. The fourth-order valence-corrected chi connectivity index (χ4v) is 1.83. The van der Waals surface area contributed by atoms with E-state index in [0.29, 0.717) is 6.54 Å². The second-order valence-corrected chi connectivity index (χ2v) is 6.68. The van der Waals surface area contributed by atoms with Crippen LogP contribution in [0.5, 0.6) is 0 Å². The third-order valence-electron chi connectivity index (χ3n) is 1.92. The lowest BCUT2D eigenvalue weighted by atomic mass is 10.3. The Balaban J connectivity index is 3.68. The molecule has 0 fully saturated rings. The van der Waals surface area contributed by atoms with Crippen molar-refractivity contribution < 1.29 is 14.7 Å². The Morgan fingerprint density at radius 1 is 1.35 bits per heavy atom. The van der Waals surface area contributed by atoms with Gasteiger partial charge in [0.25, 0.3) is 0 Å². The molecule has 0 rings (SSSR count). The van der Waals surface area contributed by atoms with Crippen molar-refractivity contribution in [3.8, 4) is 0 Å². The van der Waals surface area contributed by atoms with E-state index >= 15 is 0 Å². The van der Waals surface area contributed by atoms with Gasteiger partial charge < -0.3 is 15.3 Å². The maximum atomic E-state index is 11.5. The molecule has 0 radical (unpaired) electrons. The minimum Gasteiger partial charge on any atom is -0.481 e. The van der Waals surface area contributed by atoms with E-state index in [1.165, 1.54) is 4.90 Å². The first-order valence-corrected chi connectivity index (χ1v) is 6.55. The number of rotatable bonds is 6. The Kier molecular flexibility index (Phi) is 7.03. The summed E-state index contributed by atoms with van der Waals surface area (Å²) in [7, 11) is 1.59. The third-order valence-corrected chi connectivity index (χ3v) is 3.20. The first-order chi connectivity index (χ1) is 7.72. The molecular weight excluding hydrogens is 240 g/mol. The smallest absolute Gasteiger partial charge is 0.317 e. The second kappa shape index (κ2) is 7.42. The molecule has 0 aliphatic heterocycles. The lowest BCUT2D eigenvalue weighted by Crippen LogP contribution is -2.39. The van der Waals surface area contributed by atoms with Gasteiger partial charge in [-0.1, -0.05) is 20.8 Å². The number of carbonyl (C=O) groups excluding carboxylic acids is 1. The quantitative estimate of drug-likeness (QED) is 0.714. The van der Waals surface area contributed by atoms with Crippen LogP contribution in [-0.4, -0.2) is 52.6 Å². The third kappa shape index (κ3) is 9.99. The van der Waals surface area contributed by atoms with Crippen LogP contribution in [0, 0.1) is 0 Å². The van der Waals surface area contributed by atoms with Crippen molar-refractivity contribution in [2.75, 3.05) is 25.9 Å². The number of hydrogen-bond donors (Lipinski definition) is 2. The van der Waals surface area contributed by atoms with Crippen LogP contribution in [-0.2, 0) is 4.79 Å². The van der Waals surface area contributed by atoms with Gasteiger partial charge in [0.1, 0.15) is 0 Å². The van der Waals surface area contributed by atoms with Crippen LogP contribution in [0.3, 0.4) is 0 Å². The molecule has 0 atom stereocenters. The summed E-state index contributed by atoms with van der Waals surface area (Å²) in [6.07, 6.45) is -0.0271. The molecule has 17 heavy (non-hydrogen) atoms. The van der Waals surface area contributed by atoms with Crippen LogP contribution in [0.15, 0.2) is 0 Å². The molecule has 2 N–H and O–H groups in total. The number of carboxylic acids is 1. The minimum atomic E-state index is -0.895. The Hall–Kier alpha value is -0.910. The zero-order valence-corrected chi connectivity index (χ0v) is 11.8. The molecule has 0 saturated carbocycles. The van der Waals surface area contributed by atoms with Gasteiger partial charge in [0.15, 0.2) is 0 Å². The number of thioether (sulfide) groups is 1. The van der Waals surface area contributed by atoms with Crippen molar-refractivity contribution in [1.29, 1.82) is 0 Å². The number of carbonyl (C=O) groups is 2. The Morgan fingerprint density at radius 2 is 1.94 bits per heavy atom. The van der Waals surface area contributed by atoms with Gasteiger partial charge in [-0.2, -0.15) is 11.8 Å². The molecule has 0 saturated heterocycles. The van der Waals surface area contributed by atoms with Crippen LogP contribution in [0.2, 0.25) is 0 Å². The first-order valence-electron chi connectivity index (χ1n) is 5.57. The highest BCUT2D eigenvalue weighted by atomic mass is 32.2. The summed E-state index contributed by atoms with van der Waals surface area (Å²) < 4.78 is 0.194. The average molecular weight is 262 g/mol. The minimum absolute atomic E-state index is 0.0271. The summed E-state index contributed by atoms with van der Waals surface area (Å²) in [5, 5.41) is 11.2. The molecule has 0 bridgehead atoms. The van der Waals surface area contributed by atoms with E-state index in [4.69, 9.17) is 5.11 Å². The molecule has 0 aromatic heterocycles. The van der Waals surface area contributed by atoms with Gasteiger partial charge in [-0.25, -0.2) is 4.79 Å². The molecule has 6 heteroatoms. The normalized spacial score (nSPS) is 11.1. The lowest BCUT2D eigenvalue weighted by molar-refractivity contribution is -0.137. The summed E-state index contributed by atoms with van der Waals surface area (Å²) in [4.78, 5) is 23.2. The summed E-state index contributed by atoms with van der Waals surface area (Å²) in [6, 6.07) is -0.222. The molecule has 0 aliphatic rings. The highest BCUT2D eigenvalue weighted by Gasteiger charge is 2.12. The topological polar surface area (TPSA) is 69.6 Å². The van der Waals surface area contributed by atoms with Crippen molar-refractivity contribution in [2.45, 2.75) is 31.9 Å². The number of aliphatic carboxylic acids is 1. The van der Waals surface area contributed by atoms with Gasteiger partial charge in [0, 0.05) is 30.6 Å². The molecule has 0 spiro atoms. The lowest BCUT2D eigenvalue weighted by Gasteiger charge is -2.19. The molecule has 2 amide bonds. The Labute approximate surface area is 107 Å². The van der Waals surface area contributed by atoms with E-state index in [1.54, 1.807) is 18.8 Å². The van der Waals surface area contributed by atoms with Gasteiger partial charge in [0.2, 0.25) is 0 Å². The van der Waals surface area contributed by atoms with E-state index in [1.807, 2.05) is 0 Å². The second-order valence-electron chi connectivity index (χ2n) is 4.76. The van der Waals surface area contributed by atoms with Crippen LogP contribution in [0.1, 0.15) is 27.2 Å². The van der Waals surface area contributed by atoms with Crippen LogP contribution < -0.4 is 5.32 Å². The SMILES string of the molecule is CN(CCC(=O)O)C(=O)NCCSC(C)(C)C. The maximum Gasteiger partial charge on any atom is 0.317 e. The van der Waals surface area contributed by atoms with E-state index in [9.17, 15) is 9.59 Å². The molecule has 0 unspecified atom stereocenters. The molecule has 0 aliphatic carbocycles. The van der Waals surface area contributed by atoms with Crippen LogP contribution in [0.25, 0.3) is 0 Å². The van der Waals surface area contributed by atoms with Crippen molar-refractivity contribution in [3.63, 3.8) is 0 Å². The van der Waals surface area contributed by atoms with Gasteiger partial charge in [-0.3, -0.25) is 4.79 Å². The predicted octanol–water partition coefficient (Wildman–Crippen LogP) is 1.63. The average Bonchev–Trinajstić information content (AvgIpc) is 2.19. The number of carboxylic acid groups (broad SMARTS) is 1. The number of nitrogens with zero attached hydrogens (tertiary/aromatic N) is 1. The summed E-state index contributed by atoms with van der Waals surface area (Å²) in [5.74, 6) is -0.0462. The van der Waals surface area contributed by atoms with Crippen LogP contribution in [0.4, 0.5) is 4.79 Å². The van der Waals surface area contributed by atoms with E-state index < -0.39 is 5.97 Å². The number of nitrogens with one attached hydrogen (secondary N) is 1. The van der Waals surface area contributed by atoms with Gasteiger partial charge >= 0.3 is 12.0 Å². The van der Waals surface area contributed by atoms with Crippen molar-refractivity contribution >= 4 is 23.8 Å². The molecular formula is C11H22N2O3S. The highest BCUT2D eigenvalue weighted by molar-refractivity contribution is 8.00. The van der Waals surface area contributed by atoms with Gasteiger partial charge in [-0.15, -0.1) is 0 Å². The summed E-state index contributed by atoms with van der Waals surface area (Å²) in [6.45, 7) is 7.20. The number of urea groups is 1. The Bertz CT molecular complexity index is 264. The van der Waals surface area contributed by atoms with Crippen LogP contribution >= 0.6 is 11.8 Å². The zero-order chi connectivity index (χ0) is 13.5. The number of hydrogen-bond acceptors (Lipinski definition) is 3. The monoisotopic (exact) mass is 262 g/mol. The van der Waals surface area contributed by atoms with Crippen molar-refractivity contribution in [2.24, 2.45) is 0 Å². The maximum absolute atomic E-state index is 11.5. The van der Waals surface area contributed by atoms with Gasteiger partial charge in [0.05, 0.1) is 6.42 Å². The van der Waals surface area contributed by atoms with Crippen molar-refractivity contribution in [1.82, 2.24) is 10.2 Å². The molecule has 0 heterocycles. The number of amides is 2. The van der Waals surface area contributed by atoms with Crippen molar-refractivity contribution in [3.05, 3.63) is 0 Å². The van der Waals surface area contributed by atoms with Gasteiger partial charge in [-0.05, 0) is 0 Å². The summed E-state index contributed by atoms with van der Waals surface area (Å²) >= 11 is 1.78. The Morgan fingerprint density at radius 3 is 2.41 bits per heavy atom. The zero-order valence-electron chi connectivity index (χ0n) is 10.9. The molecule has 5 nitrogen and oxygen atoms in total. The molecule has 0 aromatic rings. The molecule has 100 valence electrons. The molecule has 0 aromatic carbocycles. The highest BCUT2D eigenvalue weighted by Crippen LogP contribution is 2.21. The van der Waals surface area contributed by atoms with E-state index in [-0.39, 0.29) is 23.7 Å². The standard InChI is InChI=1S/C11H22N2O3S/c1-11(2,3)17-8-6-12-10(16)13(4)7-5-9(14)15/h5-8H2,1-4H3,(H,12,16)(H,14,15). The van der Waals surface area contributed by atoms with E-state index in [2.05, 4.69) is 26.1 Å². The fourth-order valence-electron chi connectivity index (χ4n) is 1.02. The summed E-state index contributed by atoms with van der Waals surface area (Å²) in [5.41, 5.74) is 0. The van der Waals surface area contributed by atoms with E-state index in [0.717, 1.165) is 5.75 Å². The predicted molar refractivity (Wildman–Crippen MR) is 70.5 cm³/mol. The fraction of sp³-hybridized carbons (Fsp3) is 0.818. The first kappa shape index (κ1) is 16.1.